The van der Waals surface area contributed by atoms with Crippen LogP contribution < -0.4 is 9.47 Å². The third kappa shape index (κ3) is 10.0. The first-order valence-corrected chi connectivity index (χ1v) is 22.5. The summed E-state index contributed by atoms with van der Waals surface area (Å²) in [6.07, 6.45) is 5.43. The summed E-state index contributed by atoms with van der Waals surface area (Å²) < 4.78 is 69.9. The number of hydrogen-bond acceptors (Lipinski definition) is 9. The molecule has 52 heavy (non-hydrogen) atoms. The van der Waals surface area contributed by atoms with Gasteiger partial charge < -0.3 is 14.4 Å². The molecule has 0 bridgehead atoms. The van der Waals surface area contributed by atoms with E-state index in [1.54, 1.807) is 23.1 Å². The molecule has 1 aromatic heterocycles. The van der Waals surface area contributed by atoms with E-state index in [0.29, 0.717) is 19.5 Å². The number of nitrogens with zero attached hydrogens (tertiary/aromatic N) is 3. The van der Waals surface area contributed by atoms with Crippen LogP contribution in [0.2, 0.25) is 0 Å². The summed E-state index contributed by atoms with van der Waals surface area (Å²) in [6, 6.07) is 24.5. The normalized spacial score (nSPS) is 14.5. The molecule has 1 aliphatic heterocycles. The molecule has 6 rings (SSSR count). The number of allylic oxidation sites excluding steroid dienone is 2. The van der Waals surface area contributed by atoms with Gasteiger partial charge in [-0.05, 0) is 78.5 Å². The standard InChI is InChI=1S/C33H32N2O6S4.C6H15N/c1-2-23(21-30-34(17-7-19-44(36,37)38)28-15-13-25-10-4-6-12-27(25)33(28)43-30)22-31-35(18-8-20-45(39,40)41)32-26-11-5-3-9-24(26)14-16-29(32)42-31;1-4-7(5-2)6-3/h3-6,9-16,21-22H,2,7-8,17-20H2,1H3,(H-,36,37,38,39,40,41);4-6H2,1-3H3. The van der Waals surface area contributed by atoms with E-state index in [1.807, 2.05) is 30.3 Å². The fourth-order valence-electron chi connectivity index (χ4n) is 6.41. The molecule has 0 saturated carbocycles. The van der Waals surface area contributed by atoms with Crippen molar-refractivity contribution in [3.63, 3.8) is 0 Å². The molecule has 278 valence electrons. The maximum atomic E-state index is 11.5. The van der Waals surface area contributed by atoms with Gasteiger partial charge >= 0.3 is 0 Å². The summed E-state index contributed by atoms with van der Waals surface area (Å²) in [5, 5.41) is 6.28. The van der Waals surface area contributed by atoms with E-state index < -0.39 is 26.0 Å². The third-order valence-corrected chi connectivity index (χ3v) is 13.0. The van der Waals surface area contributed by atoms with E-state index in [-0.39, 0.29) is 18.6 Å². The first-order chi connectivity index (χ1) is 24.9. The van der Waals surface area contributed by atoms with Gasteiger partial charge in [-0.1, -0.05) is 105 Å². The minimum absolute atomic E-state index is 0.203. The Bertz CT molecular complexity index is 2310. The molecule has 2 heterocycles. The van der Waals surface area contributed by atoms with Crippen LogP contribution >= 0.6 is 23.1 Å². The maximum absolute atomic E-state index is 11.5. The van der Waals surface area contributed by atoms with E-state index in [4.69, 9.17) is 0 Å². The van der Waals surface area contributed by atoms with Gasteiger partial charge in [0.1, 0.15) is 4.70 Å². The van der Waals surface area contributed by atoms with Crippen molar-refractivity contribution < 1.29 is 30.5 Å². The lowest BCUT2D eigenvalue weighted by Gasteiger charge is -2.20. The second kappa shape index (κ2) is 17.7. The van der Waals surface area contributed by atoms with Crippen molar-refractivity contribution in [3.8, 4) is 0 Å². The minimum Gasteiger partial charge on any atom is -0.748 e. The van der Waals surface area contributed by atoms with E-state index >= 15 is 0 Å². The van der Waals surface area contributed by atoms with Crippen LogP contribution in [0.5, 0.6) is 0 Å². The summed E-state index contributed by atoms with van der Waals surface area (Å²) in [7, 11) is -8.43. The Morgan fingerprint density at radius 2 is 1.48 bits per heavy atom. The Balaban J connectivity index is 0.000000679. The average Bonchev–Trinajstić information content (AvgIpc) is 3.65. The zero-order valence-electron chi connectivity index (χ0n) is 30.1. The average molecular weight is 782 g/mol. The molecule has 1 aliphatic rings. The SMILES string of the molecule is CCC(=C/c1sc2ccc3ccccc3c2[n+]1CCCS(=O)(=O)[O-])/C=C1/Sc2c(ccc3ccccc23)N1CCCS(=O)(=O)O.CCN(CC)CC. The fraction of sp³-hybridized carbons (Fsp3) is 0.359. The predicted octanol–water partition coefficient (Wildman–Crippen LogP) is 8.30. The van der Waals surface area contributed by atoms with Gasteiger partial charge in [0.15, 0.2) is 6.54 Å². The van der Waals surface area contributed by atoms with Crippen LogP contribution in [0.4, 0.5) is 5.69 Å². The highest BCUT2D eigenvalue weighted by Crippen LogP contribution is 2.50. The van der Waals surface area contributed by atoms with Gasteiger partial charge in [-0.25, -0.2) is 8.42 Å². The van der Waals surface area contributed by atoms with E-state index in [2.05, 4.69) is 96.7 Å². The smallest absolute Gasteiger partial charge is 0.264 e. The molecule has 4 aromatic carbocycles. The number of fused-ring (bicyclic) bond motifs is 6. The number of thioether (sulfide) groups is 1. The van der Waals surface area contributed by atoms with Crippen molar-refractivity contribution >= 4 is 86.9 Å². The quantitative estimate of drug-likeness (QED) is 0.0876. The van der Waals surface area contributed by atoms with Crippen molar-refractivity contribution in [3.05, 3.63) is 94.5 Å². The molecule has 0 saturated heterocycles. The molecular formula is C39H47N3O6S4. The van der Waals surface area contributed by atoms with Crippen LogP contribution in [0.15, 0.2) is 94.4 Å². The topological polar surface area (TPSA) is 122 Å². The van der Waals surface area contributed by atoms with Crippen molar-refractivity contribution in [2.75, 3.05) is 42.6 Å². The molecular weight excluding hydrogens is 735 g/mol. The minimum atomic E-state index is -4.34. The van der Waals surface area contributed by atoms with Crippen LogP contribution in [0.1, 0.15) is 52.0 Å². The number of hydrogen-bond donors (Lipinski definition) is 1. The van der Waals surface area contributed by atoms with Gasteiger partial charge in [0.25, 0.3) is 15.1 Å². The van der Waals surface area contributed by atoms with Gasteiger partial charge in [-0.15, -0.1) is 0 Å². The van der Waals surface area contributed by atoms with Gasteiger partial charge in [0.2, 0.25) is 5.52 Å². The Morgan fingerprint density at radius 1 is 0.846 bits per heavy atom. The first-order valence-electron chi connectivity index (χ1n) is 17.7. The molecule has 1 N–H and O–H groups in total. The number of benzene rings is 4. The Morgan fingerprint density at radius 3 is 2.10 bits per heavy atom. The number of aromatic nitrogens is 1. The lowest BCUT2D eigenvalue weighted by Crippen LogP contribution is -2.36. The lowest BCUT2D eigenvalue weighted by molar-refractivity contribution is -0.667. The third-order valence-electron chi connectivity index (χ3n) is 9.16. The lowest BCUT2D eigenvalue weighted by atomic mass is 10.1. The summed E-state index contributed by atoms with van der Waals surface area (Å²) in [5.74, 6) is -0.757. The highest BCUT2D eigenvalue weighted by molar-refractivity contribution is 8.04. The molecule has 13 heteroatoms. The molecule has 5 aromatic rings. The van der Waals surface area contributed by atoms with Crippen molar-refractivity contribution in [2.45, 2.75) is 58.4 Å². The molecule has 0 amide bonds. The monoisotopic (exact) mass is 781 g/mol. The zero-order valence-corrected chi connectivity index (χ0v) is 33.4. The van der Waals surface area contributed by atoms with E-state index in [1.165, 1.54) is 19.6 Å². The number of thiazole rings is 1. The molecule has 0 spiro atoms. The Kier molecular flexibility index (Phi) is 13.6. The largest absolute Gasteiger partial charge is 0.748 e. The highest BCUT2D eigenvalue weighted by Gasteiger charge is 2.28. The fourth-order valence-corrected chi connectivity index (χ4v) is 9.87. The molecule has 0 atom stereocenters. The summed E-state index contributed by atoms with van der Waals surface area (Å²) in [5.41, 5.74) is 3.05. The van der Waals surface area contributed by atoms with Gasteiger partial charge in [0.05, 0.1) is 32.0 Å². The van der Waals surface area contributed by atoms with Crippen LogP contribution in [-0.4, -0.2) is 68.5 Å². The van der Waals surface area contributed by atoms with E-state index in [0.717, 1.165) is 58.0 Å². The molecule has 9 nitrogen and oxygen atoms in total. The second-order valence-corrected chi connectivity index (χ2v) is 17.7. The van der Waals surface area contributed by atoms with Crippen molar-refractivity contribution in [1.82, 2.24) is 4.90 Å². The van der Waals surface area contributed by atoms with E-state index in [9.17, 15) is 25.9 Å². The zero-order chi connectivity index (χ0) is 37.5. The van der Waals surface area contributed by atoms with Crippen LogP contribution in [0, 0.1) is 0 Å². The molecule has 0 fully saturated rings. The number of rotatable bonds is 14. The first kappa shape index (κ1) is 39.9. The van der Waals surface area contributed by atoms with Gasteiger partial charge in [-0.3, -0.25) is 4.55 Å². The van der Waals surface area contributed by atoms with Gasteiger partial charge in [-0.2, -0.15) is 13.0 Å². The van der Waals surface area contributed by atoms with Crippen LogP contribution in [-0.2, 0) is 26.8 Å². The molecule has 0 radical (unpaired) electrons. The summed E-state index contributed by atoms with van der Waals surface area (Å²) in [4.78, 5) is 5.59. The van der Waals surface area contributed by atoms with Crippen LogP contribution in [0.25, 0.3) is 37.8 Å². The Hall–Kier alpha value is -3.30. The maximum Gasteiger partial charge on any atom is 0.264 e. The number of aryl methyl sites for hydroxylation is 1. The van der Waals surface area contributed by atoms with Gasteiger partial charge in [0, 0.05) is 29.7 Å². The Labute approximate surface area is 316 Å². The molecule has 0 unspecified atom stereocenters. The summed E-state index contributed by atoms with van der Waals surface area (Å²) in [6.45, 7) is 13.0. The van der Waals surface area contributed by atoms with Crippen LogP contribution in [0.3, 0.4) is 0 Å². The molecule has 0 aliphatic carbocycles. The highest BCUT2D eigenvalue weighted by atomic mass is 32.2. The second-order valence-electron chi connectivity index (χ2n) is 12.5. The summed E-state index contributed by atoms with van der Waals surface area (Å²) >= 11 is 3.26. The van der Waals surface area contributed by atoms with Crippen molar-refractivity contribution in [2.24, 2.45) is 0 Å². The van der Waals surface area contributed by atoms with Crippen molar-refractivity contribution in [1.29, 1.82) is 0 Å². The number of anilines is 1. The predicted molar refractivity (Wildman–Crippen MR) is 217 cm³/mol.